The Hall–Kier alpha value is -1.15. The van der Waals surface area contributed by atoms with Crippen LogP contribution in [0.15, 0.2) is 18.2 Å². The van der Waals surface area contributed by atoms with Gasteiger partial charge in [-0.2, -0.15) is 0 Å². The minimum Gasteiger partial charge on any atom is -0.327 e. The molecule has 0 aliphatic carbocycles. The van der Waals surface area contributed by atoms with Gasteiger partial charge in [0.25, 0.3) is 0 Å². The van der Waals surface area contributed by atoms with Crippen molar-refractivity contribution in [2.75, 3.05) is 0 Å². The molecule has 1 rings (SSSR count). The first-order valence-electron chi connectivity index (χ1n) is 6.37. The zero-order valence-corrected chi connectivity index (χ0v) is 11.1. The maximum atomic E-state index is 11.9. The SMILES string of the molecule is CCCC(N)CC(=O)Cc1c(C)cccc1C. The molecule has 0 saturated heterocycles. The van der Waals surface area contributed by atoms with Crippen LogP contribution in [0.4, 0.5) is 0 Å². The third-order valence-electron chi connectivity index (χ3n) is 3.17. The largest absolute Gasteiger partial charge is 0.327 e. The van der Waals surface area contributed by atoms with E-state index in [4.69, 9.17) is 5.73 Å². The first-order valence-corrected chi connectivity index (χ1v) is 6.37. The number of benzene rings is 1. The average Bonchev–Trinajstić information content (AvgIpc) is 2.24. The number of ketones is 1. The van der Waals surface area contributed by atoms with Crippen LogP contribution in [0.2, 0.25) is 0 Å². The molecule has 0 aliphatic heterocycles. The topological polar surface area (TPSA) is 43.1 Å². The first-order chi connectivity index (χ1) is 8.04. The fraction of sp³-hybridized carbons (Fsp3) is 0.533. The molecule has 1 atom stereocenters. The van der Waals surface area contributed by atoms with Crippen molar-refractivity contribution in [3.63, 3.8) is 0 Å². The van der Waals surface area contributed by atoms with Gasteiger partial charge in [0.1, 0.15) is 5.78 Å². The van der Waals surface area contributed by atoms with Gasteiger partial charge >= 0.3 is 0 Å². The Morgan fingerprint density at radius 2 is 1.88 bits per heavy atom. The van der Waals surface area contributed by atoms with Gasteiger partial charge in [-0.15, -0.1) is 0 Å². The fourth-order valence-corrected chi connectivity index (χ4v) is 2.16. The van der Waals surface area contributed by atoms with E-state index in [2.05, 4.69) is 32.9 Å². The molecule has 2 nitrogen and oxygen atoms in total. The van der Waals surface area contributed by atoms with E-state index in [9.17, 15) is 4.79 Å². The zero-order chi connectivity index (χ0) is 12.8. The van der Waals surface area contributed by atoms with Crippen LogP contribution in [0.1, 0.15) is 42.9 Å². The Morgan fingerprint density at radius 1 is 1.29 bits per heavy atom. The summed E-state index contributed by atoms with van der Waals surface area (Å²) in [5, 5.41) is 0. The van der Waals surface area contributed by atoms with E-state index in [0.717, 1.165) is 12.8 Å². The van der Waals surface area contributed by atoms with E-state index in [1.54, 1.807) is 0 Å². The number of Topliss-reactive ketones (excluding diaryl/α,β-unsaturated/α-hetero) is 1. The predicted molar refractivity (Wildman–Crippen MR) is 72.1 cm³/mol. The lowest BCUT2D eigenvalue weighted by Crippen LogP contribution is -2.24. The normalized spacial score (nSPS) is 12.5. The highest BCUT2D eigenvalue weighted by Gasteiger charge is 2.12. The van der Waals surface area contributed by atoms with Crippen molar-refractivity contribution in [1.29, 1.82) is 0 Å². The summed E-state index contributed by atoms with van der Waals surface area (Å²) in [5.74, 6) is 0.253. The van der Waals surface area contributed by atoms with Crippen LogP contribution in [-0.2, 0) is 11.2 Å². The number of hydrogen-bond acceptors (Lipinski definition) is 2. The van der Waals surface area contributed by atoms with Crippen LogP contribution in [-0.4, -0.2) is 11.8 Å². The lowest BCUT2D eigenvalue weighted by atomic mass is 9.95. The maximum absolute atomic E-state index is 11.9. The second-order valence-corrected chi connectivity index (χ2v) is 4.84. The van der Waals surface area contributed by atoms with Gasteiger partial charge in [-0.05, 0) is 37.0 Å². The predicted octanol–water partition coefficient (Wildman–Crippen LogP) is 2.93. The Balaban J connectivity index is 2.62. The summed E-state index contributed by atoms with van der Waals surface area (Å²) < 4.78 is 0. The zero-order valence-electron chi connectivity index (χ0n) is 11.1. The van der Waals surface area contributed by atoms with Crippen molar-refractivity contribution < 1.29 is 4.79 Å². The van der Waals surface area contributed by atoms with Gasteiger partial charge in [-0.25, -0.2) is 0 Å². The van der Waals surface area contributed by atoms with Gasteiger partial charge in [-0.3, -0.25) is 4.79 Å². The standard InChI is InChI=1S/C15H23NO/c1-4-6-13(16)9-14(17)10-15-11(2)7-5-8-12(15)3/h5,7-8,13H,4,6,9-10,16H2,1-3H3. The number of aryl methyl sites for hydroxylation is 2. The fourth-order valence-electron chi connectivity index (χ4n) is 2.16. The van der Waals surface area contributed by atoms with Crippen molar-refractivity contribution in [1.82, 2.24) is 0 Å². The molecular formula is C15H23NO. The minimum atomic E-state index is 0.0248. The van der Waals surface area contributed by atoms with E-state index in [0.29, 0.717) is 12.8 Å². The third kappa shape index (κ3) is 4.31. The number of rotatable bonds is 6. The Kier molecular flexibility index (Phi) is 5.36. The minimum absolute atomic E-state index is 0.0248. The van der Waals surface area contributed by atoms with Gasteiger partial charge in [0.05, 0.1) is 0 Å². The summed E-state index contributed by atoms with van der Waals surface area (Å²) in [7, 11) is 0. The molecule has 1 aromatic carbocycles. The molecule has 0 radical (unpaired) electrons. The molecule has 0 heterocycles. The molecule has 0 fully saturated rings. The van der Waals surface area contributed by atoms with Gasteiger partial charge in [0.15, 0.2) is 0 Å². The molecule has 0 spiro atoms. The molecule has 0 saturated carbocycles. The Bertz CT molecular complexity index is 364. The number of carbonyl (C=O) groups excluding carboxylic acids is 1. The Labute approximate surface area is 104 Å². The van der Waals surface area contributed by atoms with Crippen LogP contribution in [0.5, 0.6) is 0 Å². The molecular weight excluding hydrogens is 210 g/mol. The van der Waals surface area contributed by atoms with Gasteiger partial charge in [0, 0.05) is 18.9 Å². The van der Waals surface area contributed by atoms with Gasteiger partial charge < -0.3 is 5.73 Å². The molecule has 0 aliphatic rings. The molecule has 0 aromatic heterocycles. The summed E-state index contributed by atoms with van der Waals surface area (Å²) in [6.07, 6.45) is 2.99. The van der Waals surface area contributed by atoms with Crippen molar-refractivity contribution in [2.24, 2.45) is 5.73 Å². The molecule has 94 valence electrons. The summed E-state index contributed by atoms with van der Waals surface area (Å²) in [6, 6.07) is 6.17. The van der Waals surface area contributed by atoms with Crippen molar-refractivity contribution >= 4 is 5.78 Å². The van der Waals surface area contributed by atoms with Crippen LogP contribution in [0.25, 0.3) is 0 Å². The third-order valence-corrected chi connectivity index (χ3v) is 3.17. The van der Waals surface area contributed by atoms with E-state index in [-0.39, 0.29) is 11.8 Å². The van der Waals surface area contributed by atoms with Crippen molar-refractivity contribution in [3.8, 4) is 0 Å². The molecule has 2 N–H and O–H groups in total. The van der Waals surface area contributed by atoms with E-state index >= 15 is 0 Å². The van der Waals surface area contributed by atoms with Gasteiger partial charge in [0.2, 0.25) is 0 Å². The highest BCUT2D eigenvalue weighted by Crippen LogP contribution is 2.15. The molecule has 1 unspecified atom stereocenters. The monoisotopic (exact) mass is 233 g/mol. The quantitative estimate of drug-likeness (QED) is 0.821. The summed E-state index contributed by atoms with van der Waals surface area (Å²) in [5.41, 5.74) is 9.46. The number of carbonyl (C=O) groups is 1. The van der Waals surface area contributed by atoms with Crippen LogP contribution < -0.4 is 5.73 Å². The van der Waals surface area contributed by atoms with Crippen molar-refractivity contribution in [2.45, 2.75) is 52.5 Å². The van der Waals surface area contributed by atoms with Gasteiger partial charge in [-0.1, -0.05) is 31.5 Å². The Morgan fingerprint density at radius 3 is 2.41 bits per heavy atom. The van der Waals surface area contributed by atoms with Crippen LogP contribution in [0.3, 0.4) is 0 Å². The summed E-state index contributed by atoms with van der Waals surface area (Å²) >= 11 is 0. The highest BCUT2D eigenvalue weighted by atomic mass is 16.1. The smallest absolute Gasteiger partial charge is 0.138 e. The molecule has 0 bridgehead atoms. The molecule has 0 amide bonds. The summed E-state index contributed by atoms with van der Waals surface area (Å²) in [4.78, 5) is 11.9. The van der Waals surface area contributed by atoms with E-state index in [1.807, 2.05) is 6.07 Å². The lowest BCUT2D eigenvalue weighted by molar-refractivity contribution is -0.118. The van der Waals surface area contributed by atoms with E-state index < -0.39 is 0 Å². The average molecular weight is 233 g/mol. The van der Waals surface area contributed by atoms with Crippen molar-refractivity contribution in [3.05, 3.63) is 34.9 Å². The number of nitrogens with two attached hydrogens (primary N) is 1. The molecule has 17 heavy (non-hydrogen) atoms. The van der Waals surface area contributed by atoms with Crippen LogP contribution >= 0.6 is 0 Å². The second kappa shape index (κ2) is 6.55. The number of hydrogen-bond donors (Lipinski definition) is 1. The second-order valence-electron chi connectivity index (χ2n) is 4.84. The maximum Gasteiger partial charge on any atom is 0.138 e. The lowest BCUT2D eigenvalue weighted by Gasteiger charge is -2.12. The highest BCUT2D eigenvalue weighted by molar-refractivity contribution is 5.82. The van der Waals surface area contributed by atoms with E-state index in [1.165, 1.54) is 16.7 Å². The molecule has 1 aromatic rings. The van der Waals surface area contributed by atoms with Crippen LogP contribution in [0, 0.1) is 13.8 Å². The summed E-state index contributed by atoms with van der Waals surface area (Å²) in [6.45, 7) is 6.21. The molecule has 2 heteroatoms. The first kappa shape index (κ1) is 13.9.